The molecular formula is C19H21ClF3N5O2. The first-order chi connectivity index (χ1) is 14.2. The van der Waals surface area contributed by atoms with Gasteiger partial charge in [-0.1, -0.05) is 11.6 Å². The molecule has 2 aliphatic rings. The van der Waals surface area contributed by atoms with Gasteiger partial charge in [-0.3, -0.25) is 9.36 Å². The van der Waals surface area contributed by atoms with Crippen molar-refractivity contribution in [2.75, 3.05) is 29.6 Å². The lowest BCUT2D eigenvalue weighted by Crippen LogP contribution is -2.52. The summed E-state index contributed by atoms with van der Waals surface area (Å²) in [5.74, 6) is 0.375. The number of ether oxygens (including phenoxy) is 1. The number of halogens is 4. The summed E-state index contributed by atoms with van der Waals surface area (Å²) >= 11 is 5.92. The fourth-order valence-corrected chi connectivity index (χ4v) is 4.13. The Morgan fingerprint density at radius 1 is 1.30 bits per heavy atom. The molecular weight excluding hydrogens is 423 g/mol. The highest BCUT2D eigenvalue weighted by Gasteiger charge is 2.47. The average molecular weight is 444 g/mol. The smallest absolute Gasteiger partial charge is 0.377 e. The predicted octanol–water partition coefficient (Wildman–Crippen LogP) is 2.86. The van der Waals surface area contributed by atoms with Gasteiger partial charge in [0.1, 0.15) is 17.0 Å². The summed E-state index contributed by atoms with van der Waals surface area (Å²) in [5, 5.41) is 0.189. The number of hydrogen-bond donors (Lipinski definition) is 0. The van der Waals surface area contributed by atoms with Gasteiger partial charge in [-0.2, -0.15) is 18.2 Å². The second kappa shape index (κ2) is 8.07. The van der Waals surface area contributed by atoms with Crippen LogP contribution in [0.3, 0.4) is 0 Å². The van der Waals surface area contributed by atoms with E-state index in [1.165, 1.54) is 22.9 Å². The van der Waals surface area contributed by atoms with Crippen LogP contribution in [0.1, 0.15) is 18.9 Å². The zero-order valence-corrected chi connectivity index (χ0v) is 17.0. The number of rotatable bonds is 3. The number of nitrogens with zero attached hydrogens (tertiary/aromatic N) is 5. The normalized spacial score (nSPS) is 22.2. The maximum Gasteiger partial charge on any atom is 0.408 e. The van der Waals surface area contributed by atoms with Crippen molar-refractivity contribution in [3.05, 3.63) is 45.5 Å². The second-order valence-corrected chi connectivity index (χ2v) is 7.87. The Kier molecular flexibility index (Phi) is 5.63. The minimum atomic E-state index is -4.47. The molecule has 7 nitrogen and oxygen atoms in total. The molecule has 1 fully saturated rings. The molecule has 0 spiro atoms. The number of pyridine rings is 1. The minimum Gasteiger partial charge on any atom is -0.377 e. The molecule has 0 bridgehead atoms. The van der Waals surface area contributed by atoms with Gasteiger partial charge in [-0.25, -0.2) is 4.98 Å². The second-order valence-electron chi connectivity index (χ2n) is 7.48. The van der Waals surface area contributed by atoms with Crippen molar-refractivity contribution < 1.29 is 17.9 Å². The van der Waals surface area contributed by atoms with Gasteiger partial charge < -0.3 is 14.5 Å². The van der Waals surface area contributed by atoms with Crippen LogP contribution in [0.25, 0.3) is 0 Å². The van der Waals surface area contributed by atoms with Gasteiger partial charge in [0.2, 0.25) is 5.95 Å². The van der Waals surface area contributed by atoms with E-state index in [0.717, 1.165) is 4.90 Å². The third kappa shape index (κ3) is 4.11. The van der Waals surface area contributed by atoms with Gasteiger partial charge in [0.05, 0.1) is 19.3 Å². The molecule has 11 heteroatoms. The standard InChI is InChI=1S/C19H21ClF3N5O2/c1-12-11-30-7-6-26(12)16-9-17(29)27-5-3-14(19(21,22)23)28(18(27)25-16)10-13-2-4-24-15(20)8-13/h2,4,8-9,12,14H,3,5-7,10-11H2,1H3/t12-,14?/m1/s1. The quantitative estimate of drug-likeness (QED) is 0.680. The Labute approximate surface area is 176 Å². The highest BCUT2D eigenvalue weighted by molar-refractivity contribution is 6.29. The van der Waals surface area contributed by atoms with E-state index in [1.807, 2.05) is 11.8 Å². The fourth-order valence-electron chi connectivity index (χ4n) is 3.93. The molecule has 0 aliphatic carbocycles. The Morgan fingerprint density at radius 2 is 2.10 bits per heavy atom. The van der Waals surface area contributed by atoms with Gasteiger partial charge in [-0.15, -0.1) is 0 Å². The van der Waals surface area contributed by atoms with Crippen molar-refractivity contribution in [1.82, 2.24) is 14.5 Å². The molecule has 2 aromatic rings. The topological polar surface area (TPSA) is 63.5 Å². The van der Waals surface area contributed by atoms with Gasteiger partial charge in [-0.05, 0) is 31.0 Å². The lowest BCUT2D eigenvalue weighted by Gasteiger charge is -2.40. The maximum absolute atomic E-state index is 13.9. The Morgan fingerprint density at radius 3 is 2.80 bits per heavy atom. The number of aromatic nitrogens is 3. The SMILES string of the molecule is C[C@@H]1COCCN1c1cc(=O)n2c(n1)N(Cc1ccnc(Cl)c1)C(C(F)(F)F)CC2. The van der Waals surface area contributed by atoms with Crippen LogP contribution < -0.4 is 15.4 Å². The van der Waals surface area contributed by atoms with Crippen LogP contribution in [0, 0.1) is 0 Å². The summed E-state index contributed by atoms with van der Waals surface area (Å²) in [6.45, 7) is 3.23. The van der Waals surface area contributed by atoms with Crippen molar-refractivity contribution in [1.29, 1.82) is 0 Å². The maximum atomic E-state index is 13.9. The Hall–Kier alpha value is -2.33. The number of anilines is 2. The highest BCUT2D eigenvalue weighted by Crippen LogP contribution is 2.35. The first-order valence-electron chi connectivity index (χ1n) is 9.64. The van der Waals surface area contributed by atoms with E-state index in [4.69, 9.17) is 16.3 Å². The van der Waals surface area contributed by atoms with Gasteiger partial charge in [0.25, 0.3) is 5.56 Å². The van der Waals surface area contributed by atoms with Crippen molar-refractivity contribution in [2.45, 2.75) is 44.7 Å². The van der Waals surface area contributed by atoms with Crippen LogP contribution in [0.2, 0.25) is 5.15 Å². The monoisotopic (exact) mass is 443 g/mol. The molecule has 0 radical (unpaired) electrons. The summed E-state index contributed by atoms with van der Waals surface area (Å²) in [4.78, 5) is 24.2. The molecule has 2 aromatic heterocycles. The van der Waals surface area contributed by atoms with E-state index in [2.05, 4.69) is 9.97 Å². The number of hydrogen-bond acceptors (Lipinski definition) is 6. The summed E-state index contributed by atoms with van der Waals surface area (Å²) in [7, 11) is 0. The third-order valence-corrected chi connectivity index (χ3v) is 5.62. The zero-order chi connectivity index (χ0) is 21.5. The fraction of sp³-hybridized carbons (Fsp3) is 0.526. The van der Waals surface area contributed by atoms with E-state index >= 15 is 0 Å². The number of alkyl halides is 3. The van der Waals surface area contributed by atoms with E-state index in [9.17, 15) is 18.0 Å². The summed E-state index contributed by atoms with van der Waals surface area (Å²) in [6, 6.07) is 2.71. The van der Waals surface area contributed by atoms with Crippen LogP contribution in [0.5, 0.6) is 0 Å². The molecule has 162 valence electrons. The summed E-state index contributed by atoms with van der Waals surface area (Å²) in [6.07, 6.45) is -3.26. The number of morpholine rings is 1. The van der Waals surface area contributed by atoms with E-state index in [0.29, 0.717) is 31.1 Å². The van der Waals surface area contributed by atoms with E-state index < -0.39 is 12.2 Å². The first-order valence-corrected chi connectivity index (χ1v) is 10.0. The van der Waals surface area contributed by atoms with Gasteiger partial charge in [0, 0.05) is 31.9 Å². The van der Waals surface area contributed by atoms with Crippen molar-refractivity contribution in [2.24, 2.45) is 0 Å². The van der Waals surface area contributed by atoms with E-state index in [1.54, 1.807) is 6.07 Å². The van der Waals surface area contributed by atoms with Crippen LogP contribution in [-0.2, 0) is 17.8 Å². The molecule has 0 amide bonds. The third-order valence-electron chi connectivity index (χ3n) is 5.42. The number of fused-ring (bicyclic) bond motifs is 1. The largest absolute Gasteiger partial charge is 0.408 e. The molecule has 1 unspecified atom stereocenters. The Balaban J connectivity index is 1.79. The molecule has 1 saturated heterocycles. The molecule has 2 aliphatic heterocycles. The molecule has 2 atom stereocenters. The van der Waals surface area contributed by atoms with Gasteiger partial charge >= 0.3 is 6.18 Å². The molecule has 4 heterocycles. The van der Waals surface area contributed by atoms with Crippen LogP contribution >= 0.6 is 11.6 Å². The van der Waals surface area contributed by atoms with Crippen molar-refractivity contribution >= 4 is 23.4 Å². The van der Waals surface area contributed by atoms with E-state index in [-0.39, 0.29) is 42.2 Å². The molecule has 0 aromatic carbocycles. The van der Waals surface area contributed by atoms with Crippen LogP contribution in [-0.4, -0.2) is 52.6 Å². The summed E-state index contributed by atoms with van der Waals surface area (Å²) in [5.41, 5.74) is 0.184. The van der Waals surface area contributed by atoms with Crippen molar-refractivity contribution in [3.8, 4) is 0 Å². The molecule has 30 heavy (non-hydrogen) atoms. The van der Waals surface area contributed by atoms with Crippen LogP contribution in [0.4, 0.5) is 24.9 Å². The minimum absolute atomic E-state index is 0.0118. The first kappa shape index (κ1) is 20.9. The lowest BCUT2D eigenvalue weighted by molar-refractivity contribution is -0.153. The van der Waals surface area contributed by atoms with Crippen LogP contribution in [0.15, 0.2) is 29.2 Å². The zero-order valence-electron chi connectivity index (χ0n) is 16.3. The molecule has 0 N–H and O–H groups in total. The lowest BCUT2D eigenvalue weighted by atomic mass is 10.1. The molecule has 4 rings (SSSR count). The van der Waals surface area contributed by atoms with Gasteiger partial charge in [0.15, 0.2) is 0 Å². The molecule has 0 saturated carbocycles. The predicted molar refractivity (Wildman–Crippen MR) is 106 cm³/mol. The Bertz CT molecular complexity index is 983. The average Bonchev–Trinajstić information content (AvgIpc) is 2.68. The van der Waals surface area contributed by atoms with Crippen molar-refractivity contribution in [3.63, 3.8) is 0 Å². The highest BCUT2D eigenvalue weighted by atomic mass is 35.5. The summed E-state index contributed by atoms with van der Waals surface area (Å²) < 4.78 is 48.3.